The van der Waals surface area contributed by atoms with E-state index in [9.17, 15) is 4.79 Å². The molecule has 1 fully saturated rings. The number of benzene rings is 2. The number of rotatable bonds is 6. The molecule has 2 heterocycles. The first-order valence-electron chi connectivity index (χ1n) is 10.6. The zero-order chi connectivity index (χ0) is 21.8. The molecule has 1 aliphatic heterocycles. The summed E-state index contributed by atoms with van der Waals surface area (Å²) in [6.45, 7) is 5.18. The van der Waals surface area contributed by atoms with Crippen LogP contribution in [0, 0.1) is 12.8 Å². The Morgan fingerprint density at radius 1 is 1.16 bits per heavy atom. The minimum Gasteiger partial charge on any atom is -0.337 e. The number of halogens is 1. The summed E-state index contributed by atoms with van der Waals surface area (Å²) in [6, 6.07) is 16.0. The van der Waals surface area contributed by atoms with E-state index in [1.165, 1.54) is 11.1 Å². The molecule has 0 unspecified atom stereocenters. The molecular weight excluding hydrogens is 412 g/mol. The number of aromatic nitrogens is 2. The van der Waals surface area contributed by atoms with Crippen LogP contribution in [0.15, 0.2) is 53.1 Å². The lowest BCUT2D eigenvalue weighted by molar-refractivity contribution is -0.136. The van der Waals surface area contributed by atoms with Gasteiger partial charge in [0.05, 0.1) is 11.6 Å². The molecule has 0 bridgehead atoms. The van der Waals surface area contributed by atoms with Crippen LogP contribution >= 0.6 is 11.6 Å². The van der Waals surface area contributed by atoms with Crippen molar-refractivity contribution in [3.05, 3.63) is 70.6 Å². The van der Waals surface area contributed by atoms with Crippen LogP contribution in [0.2, 0.25) is 5.02 Å². The number of nitrogens with zero attached hydrogens (tertiary/aromatic N) is 4. The summed E-state index contributed by atoms with van der Waals surface area (Å²) in [7, 11) is 1.79. The molecule has 0 N–H and O–H groups in total. The maximum absolute atomic E-state index is 12.9. The standard InChI is InChI=1S/C24H27ClN4O2/c1-17-7-9-18(10-8-17)15-29-13-11-19(12-14-29)24(30)28(2)16-22-26-23(27-31-22)20-5-3-4-6-21(20)25/h3-10,19H,11-16H2,1-2H3. The minimum atomic E-state index is 0.0326. The van der Waals surface area contributed by atoms with Crippen molar-refractivity contribution >= 4 is 17.5 Å². The van der Waals surface area contributed by atoms with Gasteiger partial charge in [-0.1, -0.05) is 58.7 Å². The van der Waals surface area contributed by atoms with Gasteiger partial charge in [0.1, 0.15) is 0 Å². The van der Waals surface area contributed by atoms with Crippen molar-refractivity contribution in [3.8, 4) is 11.4 Å². The first kappa shape index (κ1) is 21.5. The van der Waals surface area contributed by atoms with Gasteiger partial charge in [-0.05, 0) is 50.6 Å². The predicted octanol–water partition coefficient (Wildman–Crippen LogP) is 4.57. The second-order valence-corrected chi connectivity index (χ2v) is 8.63. The number of hydrogen-bond acceptors (Lipinski definition) is 5. The first-order valence-corrected chi connectivity index (χ1v) is 11.0. The SMILES string of the molecule is Cc1ccc(CN2CCC(C(=O)N(C)Cc3nc(-c4ccccc4Cl)no3)CC2)cc1. The highest BCUT2D eigenvalue weighted by molar-refractivity contribution is 6.33. The molecule has 0 aliphatic carbocycles. The van der Waals surface area contributed by atoms with Gasteiger partial charge < -0.3 is 9.42 Å². The van der Waals surface area contributed by atoms with Crippen molar-refractivity contribution in [2.75, 3.05) is 20.1 Å². The third kappa shape index (κ3) is 5.32. The molecule has 0 spiro atoms. The monoisotopic (exact) mass is 438 g/mol. The molecule has 6 nitrogen and oxygen atoms in total. The lowest BCUT2D eigenvalue weighted by Crippen LogP contribution is -2.40. The van der Waals surface area contributed by atoms with Crippen LogP contribution in [0.25, 0.3) is 11.4 Å². The Bertz CT molecular complexity index is 1030. The van der Waals surface area contributed by atoms with Gasteiger partial charge >= 0.3 is 0 Å². The Morgan fingerprint density at radius 3 is 2.58 bits per heavy atom. The van der Waals surface area contributed by atoms with E-state index in [1.807, 2.05) is 18.2 Å². The van der Waals surface area contributed by atoms with Crippen LogP contribution in [0.4, 0.5) is 0 Å². The summed E-state index contributed by atoms with van der Waals surface area (Å²) >= 11 is 6.21. The summed E-state index contributed by atoms with van der Waals surface area (Å²) in [5.41, 5.74) is 3.31. The van der Waals surface area contributed by atoms with Crippen molar-refractivity contribution < 1.29 is 9.32 Å². The second-order valence-electron chi connectivity index (χ2n) is 8.22. The maximum Gasteiger partial charge on any atom is 0.246 e. The molecule has 1 aliphatic rings. The fourth-order valence-electron chi connectivity index (χ4n) is 3.95. The number of hydrogen-bond donors (Lipinski definition) is 0. The second kappa shape index (κ2) is 9.62. The van der Waals surface area contributed by atoms with Crippen molar-refractivity contribution in [1.82, 2.24) is 19.9 Å². The van der Waals surface area contributed by atoms with Gasteiger partial charge in [-0.2, -0.15) is 4.98 Å². The lowest BCUT2D eigenvalue weighted by atomic mass is 9.95. The first-order chi connectivity index (χ1) is 15.0. The Labute approximate surface area is 187 Å². The van der Waals surface area contributed by atoms with Crippen LogP contribution < -0.4 is 0 Å². The van der Waals surface area contributed by atoms with E-state index >= 15 is 0 Å². The molecule has 4 rings (SSSR count). The molecule has 0 saturated carbocycles. The fourth-order valence-corrected chi connectivity index (χ4v) is 4.17. The van der Waals surface area contributed by atoms with Gasteiger partial charge in [0.2, 0.25) is 17.6 Å². The predicted molar refractivity (Wildman–Crippen MR) is 120 cm³/mol. The summed E-state index contributed by atoms with van der Waals surface area (Å²) in [5, 5.41) is 4.58. The van der Waals surface area contributed by atoms with Crippen LogP contribution in [0.3, 0.4) is 0 Å². The Balaban J connectivity index is 1.29. The van der Waals surface area contributed by atoms with Gasteiger partial charge in [-0.15, -0.1) is 0 Å². The largest absolute Gasteiger partial charge is 0.337 e. The molecule has 2 aromatic carbocycles. The average molecular weight is 439 g/mol. The quantitative estimate of drug-likeness (QED) is 0.564. The van der Waals surface area contributed by atoms with E-state index in [2.05, 4.69) is 46.2 Å². The number of carbonyl (C=O) groups excluding carboxylic acids is 1. The third-order valence-electron chi connectivity index (χ3n) is 5.80. The van der Waals surface area contributed by atoms with Crippen LogP contribution in [0.5, 0.6) is 0 Å². The third-order valence-corrected chi connectivity index (χ3v) is 6.12. The highest BCUT2D eigenvalue weighted by atomic mass is 35.5. The van der Waals surface area contributed by atoms with Crippen molar-refractivity contribution in [1.29, 1.82) is 0 Å². The molecule has 31 heavy (non-hydrogen) atoms. The summed E-state index contributed by atoms with van der Waals surface area (Å²) in [5.74, 6) is 1.01. The average Bonchev–Trinajstić information content (AvgIpc) is 3.24. The zero-order valence-electron chi connectivity index (χ0n) is 17.9. The molecule has 1 aromatic heterocycles. The Kier molecular flexibility index (Phi) is 6.68. The zero-order valence-corrected chi connectivity index (χ0v) is 18.7. The van der Waals surface area contributed by atoms with E-state index < -0.39 is 0 Å². The Hall–Kier alpha value is -2.70. The van der Waals surface area contributed by atoms with Gasteiger partial charge in [-0.3, -0.25) is 9.69 Å². The summed E-state index contributed by atoms with van der Waals surface area (Å²) < 4.78 is 5.35. The van der Waals surface area contributed by atoms with Crippen molar-refractivity contribution in [3.63, 3.8) is 0 Å². The van der Waals surface area contributed by atoms with Crippen LogP contribution in [0.1, 0.15) is 29.9 Å². The minimum absolute atomic E-state index is 0.0326. The number of carbonyl (C=O) groups is 1. The van der Waals surface area contributed by atoms with Gasteiger partial charge in [0, 0.05) is 25.1 Å². The van der Waals surface area contributed by atoms with Gasteiger partial charge in [-0.25, -0.2) is 0 Å². The normalized spacial score (nSPS) is 15.2. The van der Waals surface area contributed by atoms with E-state index in [1.54, 1.807) is 18.0 Å². The molecule has 162 valence electrons. The lowest BCUT2D eigenvalue weighted by Gasteiger charge is -2.33. The molecule has 1 saturated heterocycles. The fraction of sp³-hybridized carbons (Fsp3) is 0.375. The molecule has 7 heteroatoms. The number of piperidine rings is 1. The maximum atomic E-state index is 12.9. The number of amides is 1. The molecule has 3 aromatic rings. The summed E-state index contributed by atoms with van der Waals surface area (Å²) in [4.78, 5) is 21.4. The highest BCUT2D eigenvalue weighted by Gasteiger charge is 2.28. The van der Waals surface area contributed by atoms with E-state index in [0.717, 1.165) is 32.5 Å². The van der Waals surface area contributed by atoms with E-state index in [0.29, 0.717) is 28.8 Å². The molecule has 0 atom stereocenters. The van der Waals surface area contributed by atoms with Crippen LogP contribution in [-0.4, -0.2) is 46.0 Å². The van der Waals surface area contributed by atoms with E-state index in [4.69, 9.17) is 16.1 Å². The summed E-state index contributed by atoms with van der Waals surface area (Å²) in [6.07, 6.45) is 1.73. The number of likely N-dealkylation sites (tertiary alicyclic amines) is 1. The molecule has 1 amide bonds. The van der Waals surface area contributed by atoms with Gasteiger partial charge in [0.25, 0.3) is 0 Å². The van der Waals surface area contributed by atoms with E-state index in [-0.39, 0.29) is 11.8 Å². The molecule has 0 radical (unpaired) electrons. The van der Waals surface area contributed by atoms with Crippen molar-refractivity contribution in [2.45, 2.75) is 32.9 Å². The highest BCUT2D eigenvalue weighted by Crippen LogP contribution is 2.26. The smallest absolute Gasteiger partial charge is 0.246 e. The topological polar surface area (TPSA) is 62.5 Å². The van der Waals surface area contributed by atoms with Crippen LogP contribution in [-0.2, 0) is 17.9 Å². The molecular formula is C24H27ClN4O2. The van der Waals surface area contributed by atoms with Gasteiger partial charge in [0.15, 0.2) is 0 Å². The number of aryl methyl sites for hydroxylation is 1. The van der Waals surface area contributed by atoms with Crippen molar-refractivity contribution in [2.24, 2.45) is 5.92 Å². The Morgan fingerprint density at radius 2 is 1.87 bits per heavy atom.